The topological polar surface area (TPSA) is 37.2 Å². The van der Waals surface area contributed by atoms with Gasteiger partial charge in [-0.1, -0.05) is 31.0 Å². The SMILES string of the molecule is Cc1cccc(-n2ccnc2CN(Cc2cccnc2)CC2CCN(C3CCCC3)CC2)c1. The third kappa shape index (κ3) is 5.71. The summed E-state index contributed by atoms with van der Waals surface area (Å²) in [6.07, 6.45) is 16.2. The van der Waals surface area contributed by atoms with Crippen molar-refractivity contribution in [3.05, 3.63) is 78.1 Å². The highest BCUT2D eigenvalue weighted by Crippen LogP contribution is 2.28. The predicted molar refractivity (Wildman–Crippen MR) is 133 cm³/mol. The summed E-state index contributed by atoms with van der Waals surface area (Å²) < 4.78 is 2.24. The maximum atomic E-state index is 4.76. The van der Waals surface area contributed by atoms with E-state index in [0.717, 1.165) is 37.4 Å². The molecular formula is C28H37N5. The van der Waals surface area contributed by atoms with Crippen molar-refractivity contribution in [1.82, 2.24) is 24.3 Å². The second kappa shape index (κ2) is 10.6. The lowest BCUT2D eigenvalue weighted by atomic mass is 9.94. The first-order chi connectivity index (χ1) is 16.2. The normalized spacial score (nSPS) is 18.4. The van der Waals surface area contributed by atoms with E-state index in [-0.39, 0.29) is 0 Å². The molecule has 3 heterocycles. The third-order valence-corrected chi connectivity index (χ3v) is 7.50. The molecule has 0 spiro atoms. The number of aromatic nitrogens is 3. The molecule has 2 aromatic heterocycles. The molecule has 1 aromatic carbocycles. The van der Waals surface area contributed by atoms with Gasteiger partial charge in [0.2, 0.25) is 0 Å². The maximum absolute atomic E-state index is 4.76. The standard InChI is InChI=1S/C28H37N5/c1-23-6-4-10-27(18-23)33-17-14-30-28(33)22-31(21-25-7-5-13-29-19-25)20-24-11-15-32(16-12-24)26-8-2-3-9-26/h4-7,10,13-14,17-19,24,26H,2-3,8-9,11-12,15-16,20-22H2,1H3. The maximum Gasteiger partial charge on any atom is 0.127 e. The van der Waals surface area contributed by atoms with E-state index in [9.17, 15) is 0 Å². The van der Waals surface area contributed by atoms with Crippen molar-refractivity contribution in [3.8, 4) is 5.69 Å². The van der Waals surface area contributed by atoms with Crippen LogP contribution in [0.15, 0.2) is 61.2 Å². The molecule has 0 unspecified atom stereocenters. The molecule has 33 heavy (non-hydrogen) atoms. The first-order valence-corrected chi connectivity index (χ1v) is 12.7. The predicted octanol–water partition coefficient (Wildman–Crippen LogP) is 5.23. The molecule has 1 saturated carbocycles. The molecular weight excluding hydrogens is 406 g/mol. The number of imidazole rings is 1. The van der Waals surface area contributed by atoms with E-state index >= 15 is 0 Å². The van der Waals surface area contributed by atoms with Crippen LogP contribution in [0.5, 0.6) is 0 Å². The fraction of sp³-hybridized carbons (Fsp3) is 0.500. The minimum absolute atomic E-state index is 0.752. The summed E-state index contributed by atoms with van der Waals surface area (Å²) >= 11 is 0. The van der Waals surface area contributed by atoms with Gasteiger partial charge in [-0.2, -0.15) is 0 Å². The second-order valence-electron chi connectivity index (χ2n) is 10.0. The van der Waals surface area contributed by atoms with E-state index in [1.54, 1.807) is 0 Å². The molecule has 3 aromatic rings. The summed E-state index contributed by atoms with van der Waals surface area (Å²) in [5, 5.41) is 0. The van der Waals surface area contributed by atoms with E-state index in [1.807, 2.05) is 24.7 Å². The van der Waals surface area contributed by atoms with Crippen molar-refractivity contribution in [2.45, 2.75) is 64.6 Å². The third-order valence-electron chi connectivity index (χ3n) is 7.50. The van der Waals surface area contributed by atoms with Gasteiger partial charge in [0.15, 0.2) is 0 Å². The quantitative estimate of drug-likeness (QED) is 0.478. The molecule has 5 rings (SSSR count). The Hall–Kier alpha value is -2.50. The van der Waals surface area contributed by atoms with Gasteiger partial charge in [0.1, 0.15) is 5.82 Å². The van der Waals surface area contributed by atoms with Crippen molar-refractivity contribution in [2.75, 3.05) is 19.6 Å². The molecule has 2 fully saturated rings. The molecule has 2 aliphatic rings. The van der Waals surface area contributed by atoms with Crippen LogP contribution in [0.4, 0.5) is 0 Å². The lowest BCUT2D eigenvalue weighted by Crippen LogP contribution is -2.42. The number of benzene rings is 1. The van der Waals surface area contributed by atoms with Crippen molar-refractivity contribution in [1.29, 1.82) is 0 Å². The number of hydrogen-bond donors (Lipinski definition) is 0. The Bertz CT molecular complexity index is 1000. The Labute approximate surface area is 198 Å². The van der Waals surface area contributed by atoms with Crippen molar-refractivity contribution in [2.24, 2.45) is 5.92 Å². The Balaban J connectivity index is 1.28. The van der Waals surface area contributed by atoms with Crippen LogP contribution < -0.4 is 0 Å². The zero-order chi connectivity index (χ0) is 22.5. The Kier molecular flexibility index (Phi) is 7.18. The van der Waals surface area contributed by atoms with Crippen molar-refractivity contribution in [3.63, 3.8) is 0 Å². The van der Waals surface area contributed by atoms with E-state index in [4.69, 9.17) is 4.98 Å². The Morgan fingerprint density at radius 2 is 1.82 bits per heavy atom. The molecule has 0 radical (unpaired) electrons. The number of likely N-dealkylation sites (tertiary alicyclic amines) is 1. The van der Waals surface area contributed by atoms with Crippen LogP contribution in [0, 0.1) is 12.8 Å². The van der Waals surface area contributed by atoms with Gasteiger partial charge in [-0.05, 0) is 80.9 Å². The number of pyridine rings is 1. The van der Waals surface area contributed by atoms with E-state index in [0.29, 0.717) is 0 Å². The average Bonchev–Trinajstić information content (AvgIpc) is 3.53. The first-order valence-electron chi connectivity index (χ1n) is 12.7. The van der Waals surface area contributed by atoms with Crippen molar-refractivity contribution < 1.29 is 0 Å². The van der Waals surface area contributed by atoms with Crippen LogP contribution in [0.25, 0.3) is 5.69 Å². The summed E-state index contributed by atoms with van der Waals surface area (Å²) in [4.78, 5) is 14.5. The van der Waals surface area contributed by atoms with Crippen LogP contribution in [0.2, 0.25) is 0 Å². The number of aryl methyl sites for hydroxylation is 1. The van der Waals surface area contributed by atoms with Crippen LogP contribution >= 0.6 is 0 Å². The van der Waals surface area contributed by atoms with Crippen molar-refractivity contribution >= 4 is 0 Å². The zero-order valence-electron chi connectivity index (χ0n) is 19.9. The fourth-order valence-electron chi connectivity index (χ4n) is 5.73. The molecule has 0 N–H and O–H groups in total. The molecule has 5 nitrogen and oxygen atoms in total. The fourth-order valence-corrected chi connectivity index (χ4v) is 5.73. The largest absolute Gasteiger partial charge is 0.303 e. The summed E-state index contributed by atoms with van der Waals surface area (Å²) in [5.41, 5.74) is 3.73. The van der Waals surface area contributed by atoms with Gasteiger partial charge in [-0.3, -0.25) is 9.88 Å². The summed E-state index contributed by atoms with van der Waals surface area (Å²) in [7, 11) is 0. The number of rotatable bonds is 8. The highest BCUT2D eigenvalue weighted by Gasteiger charge is 2.28. The van der Waals surface area contributed by atoms with Crippen LogP contribution in [0.3, 0.4) is 0 Å². The molecule has 1 aliphatic carbocycles. The average molecular weight is 444 g/mol. The minimum Gasteiger partial charge on any atom is -0.303 e. The molecule has 0 bridgehead atoms. The first kappa shape index (κ1) is 22.3. The van der Waals surface area contributed by atoms with Gasteiger partial charge in [0, 0.05) is 49.6 Å². The van der Waals surface area contributed by atoms with Crippen LogP contribution in [-0.2, 0) is 13.1 Å². The number of piperidine rings is 1. The minimum atomic E-state index is 0.752. The smallest absolute Gasteiger partial charge is 0.127 e. The lowest BCUT2D eigenvalue weighted by Gasteiger charge is -2.37. The highest BCUT2D eigenvalue weighted by molar-refractivity contribution is 5.36. The second-order valence-corrected chi connectivity index (χ2v) is 10.0. The van der Waals surface area contributed by atoms with Gasteiger partial charge in [0.25, 0.3) is 0 Å². The molecule has 0 atom stereocenters. The lowest BCUT2D eigenvalue weighted by molar-refractivity contribution is 0.106. The molecule has 0 amide bonds. The molecule has 174 valence electrons. The Morgan fingerprint density at radius 3 is 2.58 bits per heavy atom. The molecule has 1 saturated heterocycles. The van der Waals surface area contributed by atoms with E-state index in [1.165, 1.54) is 68.4 Å². The molecule has 1 aliphatic heterocycles. The summed E-state index contributed by atoms with van der Waals surface area (Å²) in [5.74, 6) is 1.86. The Morgan fingerprint density at radius 1 is 0.970 bits per heavy atom. The van der Waals surface area contributed by atoms with E-state index < -0.39 is 0 Å². The number of hydrogen-bond acceptors (Lipinski definition) is 4. The zero-order valence-corrected chi connectivity index (χ0v) is 19.9. The summed E-state index contributed by atoms with van der Waals surface area (Å²) in [6, 6.07) is 13.8. The van der Waals surface area contributed by atoms with Gasteiger partial charge < -0.3 is 9.47 Å². The van der Waals surface area contributed by atoms with Crippen LogP contribution in [-0.4, -0.2) is 50.0 Å². The van der Waals surface area contributed by atoms with Gasteiger partial charge in [0.05, 0.1) is 6.54 Å². The van der Waals surface area contributed by atoms with Gasteiger partial charge in [-0.15, -0.1) is 0 Å². The number of nitrogens with zero attached hydrogens (tertiary/aromatic N) is 5. The van der Waals surface area contributed by atoms with Gasteiger partial charge in [-0.25, -0.2) is 4.98 Å². The van der Waals surface area contributed by atoms with Gasteiger partial charge >= 0.3 is 0 Å². The highest BCUT2D eigenvalue weighted by atomic mass is 15.2. The molecule has 5 heteroatoms. The van der Waals surface area contributed by atoms with E-state index in [2.05, 4.69) is 62.8 Å². The summed E-state index contributed by atoms with van der Waals surface area (Å²) in [6.45, 7) is 7.57. The van der Waals surface area contributed by atoms with Crippen LogP contribution in [0.1, 0.15) is 55.5 Å². The monoisotopic (exact) mass is 443 g/mol.